The van der Waals surface area contributed by atoms with Crippen LogP contribution in [0.5, 0.6) is 0 Å². The molecule has 1 aromatic carbocycles. The highest BCUT2D eigenvalue weighted by Crippen LogP contribution is 2.13. The Morgan fingerprint density at radius 2 is 1.94 bits per heavy atom. The molecule has 0 fully saturated rings. The zero-order valence-electron chi connectivity index (χ0n) is 9.68. The summed E-state index contributed by atoms with van der Waals surface area (Å²) in [6.07, 6.45) is 0.334. The van der Waals surface area contributed by atoms with E-state index < -0.39 is 11.6 Å². The van der Waals surface area contributed by atoms with E-state index in [-0.39, 0.29) is 17.0 Å². The van der Waals surface area contributed by atoms with Crippen molar-refractivity contribution in [3.8, 4) is 17.9 Å². The van der Waals surface area contributed by atoms with Gasteiger partial charge < -0.3 is 5.32 Å². The van der Waals surface area contributed by atoms with E-state index in [0.29, 0.717) is 13.0 Å². The van der Waals surface area contributed by atoms with Crippen LogP contribution < -0.4 is 5.32 Å². The monoisotopic (exact) mass is 248 g/mol. The van der Waals surface area contributed by atoms with Crippen molar-refractivity contribution >= 4 is 5.91 Å². The Morgan fingerprint density at radius 3 is 2.56 bits per heavy atom. The fourth-order valence-electron chi connectivity index (χ4n) is 1.19. The maximum absolute atomic E-state index is 13.4. The van der Waals surface area contributed by atoms with Crippen LogP contribution in [0.1, 0.15) is 24.5 Å². The summed E-state index contributed by atoms with van der Waals surface area (Å²) in [5.74, 6) is 3.35. The smallest absolute Gasteiger partial charge is 0.216 e. The summed E-state index contributed by atoms with van der Waals surface area (Å²) in [6.45, 7) is 1.73. The summed E-state index contributed by atoms with van der Waals surface area (Å²) in [6, 6.07) is 3.24. The van der Waals surface area contributed by atoms with Crippen LogP contribution in [0.25, 0.3) is 0 Å². The number of hydrogen-bond donors (Lipinski definition) is 1. The molecule has 0 saturated carbocycles. The number of carbonyl (C=O) groups excluding carboxylic acids is 1. The summed E-state index contributed by atoms with van der Waals surface area (Å²) in [5, 5.41) is 11.0. The number of halogens is 2. The summed E-state index contributed by atoms with van der Waals surface area (Å²) >= 11 is 0. The van der Waals surface area contributed by atoms with Gasteiger partial charge in [0.25, 0.3) is 0 Å². The minimum Gasteiger partial charge on any atom is -0.355 e. The van der Waals surface area contributed by atoms with Crippen molar-refractivity contribution in [1.82, 2.24) is 5.32 Å². The summed E-state index contributed by atoms with van der Waals surface area (Å²) in [4.78, 5) is 10.5. The number of hydrogen-bond acceptors (Lipinski definition) is 2. The number of carbonyl (C=O) groups is 1. The highest BCUT2D eigenvalue weighted by atomic mass is 19.1. The van der Waals surface area contributed by atoms with Crippen LogP contribution in [0.2, 0.25) is 0 Å². The van der Waals surface area contributed by atoms with Crippen molar-refractivity contribution in [1.29, 1.82) is 5.26 Å². The Morgan fingerprint density at radius 1 is 1.33 bits per heavy atom. The van der Waals surface area contributed by atoms with E-state index in [1.165, 1.54) is 6.92 Å². The number of nitrogens with zero attached hydrogens (tertiary/aromatic N) is 1. The molecule has 0 bridgehead atoms. The van der Waals surface area contributed by atoms with E-state index in [1.807, 2.05) is 0 Å². The van der Waals surface area contributed by atoms with E-state index in [1.54, 1.807) is 6.07 Å². The van der Waals surface area contributed by atoms with E-state index in [0.717, 1.165) is 12.1 Å². The third-order valence-electron chi connectivity index (χ3n) is 2.02. The van der Waals surface area contributed by atoms with Gasteiger partial charge in [-0.05, 0) is 12.1 Å². The second-order valence-corrected chi connectivity index (χ2v) is 3.46. The molecule has 18 heavy (non-hydrogen) atoms. The molecule has 3 nitrogen and oxygen atoms in total. The molecule has 0 aromatic heterocycles. The molecular weight excluding hydrogens is 238 g/mol. The third kappa shape index (κ3) is 3.88. The van der Waals surface area contributed by atoms with Crippen LogP contribution in [0, 0.1) is 34.8 Å². The molecule has 1 N–H and O–H groups in total. The lowest BCUT2D eigenvalue weighted by atomic mass is 10.1. The van der Waals surface area contributed by atoms with Crippen molar-refractivity contribution in [2.45, 2.75) is 13.3 Å². The predicted octanol–water partition coefficient (Wildman–Crippen LogP) is 1.71. The largest absolute Gasteiger partial charge is 0.355 e. The van der Waals surface area contributed by atoms with Crippen LogP contribution in [-0.4, -0.2) is 12.5 Å². The molecular formula is C13H10F2N2O. The molecule has 0 radical (unpaired) electrons. The van der Waals surface area contributed by atoms with Crippen LogP contribution in [0.3, 0.4) is 0 Å². The lowest BCUT2D eigenvalue weighted by molar-refractivity contribution is -0.118. The first-order chi connectivity index (χ1) is 8.54. The predicted molar refractivity (Wildman–Crippen MR) is 61.3 cm³/mol. The van der Waals surface area contributed by atoms with Gasteiger partial charge >= 0.3 is 0 Å². The zero-order valence-corrected chi connectivity index (χ0v) is 9.68. The highest BCUT2D eigenvalue weighted by molar-refractivity contribution is 5.72. The van der Waals surface area contributed by atoms with Gasteiger partial charge in [0.15, 0.2) is 0 Å². The molecule has 0 aliphatic heterocycles. The zero-order chi connectivity index (χ0) is 13.5. The molecule has 0 unspecified atom stereocenters. The molecule has 1 amide bonds. The number of nitrogens with one attached hydrogen (secondary N) is 1. The third-order valence-corrected chi connectivity index (χ3v) is 2.02. The summed E-state index contributed by atoms with van der Waals surface area (Å²) in [5.41, 5.74) is -0.453. The standard InChI is InChI=1S/C13H10F2N2O/c1-9(18)17-5-3-2-4-10-6-13(15)11(8-16)7-12(10)14/h6-7H,3,5H2,1H3,(H,17,18). The molecule has 0 spiro atoms. The van der Waals surface area contributed by atoms with Crippen LogP contribution in [-0.2, 0) is 4.79 Å². The number of nitriles is 1. The Bertz CT molecular complexity index is 565. The molecule has 0 atom stereocenters. The van der Waals surface area contributed by atoms with Gasteiger partial charge in [-0.2, -0.15) is 5.26 Å². The minimum atomic E-state index is -0.801. The summed E-state index contributed by atoms with van der Waals surface area (Å²) in [7, 11) is 0. The first kappa shape index (κ1) is 13.7. The van der Waals surface area contributed by atoms with Gasteiger partial charge in [-0.25, -0.2) is 8.78 Å². The van der Waals surface area contributed by atoms with Gasteiger partial charge in [0.05, 0.1) is 11.1 Å². The SMILES string of the molecule is CC(=O)NCCC#Cc1cc(F)c(C#N)cc1F. The first-order valence-corrected chi connectivity index (χ1v) is 5.17. The lowest BCUT2D eigenvalue weighted by Crippen LogP contribution is -2.20. The second-order valence-electron chi connectivity index (χ2n) is 3.46. The topological polar surface area (TPSA) is 52.9 Å². The number of rotatable bonds is 2. The van der Waals surface area contributed by atoms with E-state index >= 15 is 0 Å². The second kappa shape index (κ2) is 6.36. The molecule has 0 aliphatic rings. The quantitative estimate of drug-likeness (QED) is 0.640. The van der Waals surface area contributed by atoms with E-state index in [4.69, 9.17) is 5.26 Å². The maximum Gasteiger partial charge on any atom is 0.216 e. The molecule has 1 aromatic rings. The van der Waals surface area contributed by atoms with Crippen molar-refractivity contribution in [2.24, 2.45) is 0 Å². The molecule has 0 saturated heterocycles. The minimum absolute atomic E-state index is 0.102. The Balaban J connectivity index is 2.74. The van der Waals surface area contributed by atoms with Gasteiger partial charge in [0.1, 0.15) is 17.7 Å². The average Bonchev–Trinajstić information content (AvgIpc) is 2.32. The molecule has 0 heterocycles. The molecule has 0 aliphatic carbocycles. The fraction of sp³-hybridized carbons (Fsp3) is 0.231. The normalized spacial score (nSPS) is 9.00. The van der Waals surface area contributed by atoms with E-state index in [2.05, 4.69) is 17.2 Å². The van der Waals surface area contributed by atoms with Gasteiger partial charge in [0, 0.05) is 19.9 Å². The van der Waals surface area contributed by atoms with Crippen LogP contribution in [0.4, 0.5) is 8.78 Å². The van der Waals surface area contributed by atoms with Gasteiger partial charge in [0.2, 0.25) is 5.91 Å². The van der Waals surface area contributed by atoms with Gasteiger partial charge in [-0.15, -0.1) is 0 Å². The lowest BCUT2D eigenvalue weighted by Gasteiger charge is -1.97. The highest BCUT2D eigenvalue weighted by Gasteiger charge is 2.07. The van der Waals surface area contributed by atoms with E-state index in [9.17, 15) is 13.6 Å². The van der Waals surface area contributed by atoms with Crippen LogP contribution in [0.15, 0.2) is 12.1 Å². The summed E-state index contributed by atoms with van der Waals surface area (Å²) < 4.78 is 26.6. The van der Waals surface area contributed by atoms with Gasteiger partial charge in [-0.3, -0.25) is 4.79 Å². The van der Waals surface area contributed by atoms with Crippen molar-refractivity contribution in [2.75, 3.05) is 6.54 Å². The molecule has 92 valence electrons. The van der Waals surface area contributed by atoms with Crippen molar-refractivity contribution < 1.29 is 13.6 Å². The average molecular weight is 248 g/mol. The Kier molecular flexibility index (Phi) is 4.83. The van der Waals surface area contributed by atoms with Crippen molar-refractivity contribution in [3.05, 3.63) is 34.9 Å². The molecule has 1 rings (SSSR count). The molecule has 5 heteroatoms. The fourth-order valence-corrected chi connectivity index (χ4v) is 1.19. The first-order valence-electron chi connectivity index (χ1n) is 5.17. The van der Waals surface area contributed by atoms with Gasteiger partial charge in [-0.1, -0.05) is 11.8 Å². The number of amides is 1. The van der Waals surface area contributed by atoms with Crippen LogP contribution >= 0.6 is 0 Å². The maximum atomic E-state index is 13.4. The Labute approximate surface area is 103 Å². The van der Waals surface area contributed by atoms with Crippen molar-refractivity contribution in [3.63, 3.8) is 0 Å². The Hall–Kier alpha value is -2.40. The number of benzene rings is 1.